The molecule has 54 valence electrons. The van der Waals surface area contributed by atoms with Gasteiger partial charge in [-0.25, -0.2) is 0 Å². The first-order chi connectivity index (χ1) is 4.06. The molecule has 0 spiro atoms. The van der Waals surface area contributed by atoms with Gasteiger partial charge in [-0.15, -0.1) is 0 Å². The number of hydrogen-bond acceptors (Lipinski definition) is 1. The third-order valence-corrected chi connectivity index (χ3v) is 1.27. The van der Waals surface area contributed by atoms with E-state index >= 15 is 0 Å². The van der Waals surface area contributed by atoms with Crippen molar-refractivity contribution in [2.75, 3.05) is 0 Å². The number of halogens is 3. The molecule has 0 saturated carbocycles. The van der Waals surface area contributed by atoms with E-state index in [-0.39, 0.29) is 0 Å². The minimum Gasteiger partial charge on any atom is -0.516 e. The highest BCUT2D eigenvalue weighted by atomic mass is 35.6. The molecule has 0 bridgehead atoms. The van der Waals surface area contributed by atoms with E-state index in [1.165, 1.54) is 6.08 Å². The second kappa shape index (κ2) is 4.26. The van der Waals surface area contributed by atoms with Crippen LogP contribution in [0.25, 0.3) is 0 Å². The monoisotopic (exact) mass is 188 g/mol. The van der Waals surface area contributed by atoms with Crippen molar-refractivity contribution in [2.24, 2.45) is 0 Å². The predicted octanol–water partition coefficient (Wildman–Crippen LogP) is 3.21. The van der Waals surface area contributed by atoms with Crippen LogP contribution in [0.15, 0.2) is 12.3 Å². The van der Waals surface area contributed by atoms with Crippen LogP contribution in [0.5, 0.6) is 0 Å². The minimum absolute atomic E-state index is 0.425. The van der Waals surface area contributed by atoms with Crippen molar-refractivity contribution in [3.63, 3.8) is 0 Å². The largest absolute Gasteiger partial charge is 0.516 e. The van der Waals surface area contributed by atoms with Gasteiger partial charge in [-0.3, -0.25) is 0 Å². The van der Waals surface area contributed by atoms with Crippen molar-refractivity contribution < 1.29 is 5.11 Å². The fraction of sp³-hybridized carbons (Fsp3) is 0.600. The average Bonchev–Trinajstić information content (AvgIpc) is 1.63. The zero-order valence-corrected chi connectivity index (χ0v) is 6.92. The molecule has 0 rings (SSSR count). The van der Waals surface area contributed by atoms with Crippen molar-refractivity contribution >= 4 is 34.8 Å². The normalized spacial score (nSPS) is 12.8. The van der Waals surface area contributed by atoms with Gasteiger partial charge in [0.2, 0.25) is 0 Å². The molecule has 0 aliphatic rings. The second-order valence-electron chi connectivity index (χ2n) is 1.54. The lowest BCUT2D eigenvalue weighted by Gasteiger charge is -2.06. The molecule has 0 aliphatic heterocycles. The molecule has 0 aromatic rings. The highest BCUT2D eigenvalue weighted by Gasteiger charge is 2.17. The fourth-order valence-corrected chi connectivity index (χ4v) is 0.649. The van der Waals surface area contributed by atoms with E-state index in [0.717, 1.165) is 6.26 Å². The van der Waals surface area contributed by atoms with E-state index in [9.17, 15) is 0 Å². The predicted molar refractivity (Wildman–Crippen MR) is 41.3 cm³/mol. The molecule has 4 heteroatoms. The summed E-state index contributed by atoms with van der Waals surface area (Å²) in [6.45, 7) is 0. The first-order valence-electron chi connectivity index (χ1n) is 2.42. The molecule has 0 amide bonds. The van der Waals surface area contributed by atoms with Crippen LogP contribution in [0.2, 0.25) is 0 Å². The van der Waals surface area contributed by atoms with Gasteiger partial charge in [-0.1, -0.05) is 34.8 Å². The molecule has 0 unspecified atom stereocenters. The molecule has 1 nitrogen and oxygen atoms in total. The van der Waals surface area contributed by atoms with E-state index < -0.39 is 3.79 Å². The third-order valence-electron chi connectivity index (χ3n) is 0.700. The highest BCUT2D eigenvalue weighted by Crippen LogP contribution is 2.31. The van der Waals surface area contributed by atoms with Crippen LogP contribution in [0.1, 0.15) is 12.8 Å². The Morgan fingerprint density at radius 2 is 1.89 bits per heavy atom. The summed E-state index contributed by atoms with van der Waals surface area (Å²) in [4.78, 5) is 0. The summed E-state index contributed by atoms with van der Waals surface area (Å²) in [6.07, 6.45) is 3.47. The fourth-order valence-electron chi connectivity index (χ4n) is 0.322. The van der Waals surface area contributed by atoms with Gasteiger partial charge in [-0.05, 0) is 18.9 Å². The van der Waals surface area contributed by atoms with Gasteiger partial charge < -0.3 is 5.11 Å². The molecule has 0 heterocycles. The molecule has 9 heavy (non-hydrogen) atoms. The Morgan fingerprint density at radius 3 is 2.22 bits per heavy atom. The molecular formula is C5H7Cl3O. The standard InChI is InChI=1S/C5H7Cl3O/c6-5(7,8)3-1-2-4-9/h2,4,9H,1,3H2. The van der Waals surface area contributed by atoms with E-state index in [2.05, 4.69) is 0 Å². The minimum atomic E-state index is -1.19. The molecule has 0 saturated heterocycles. The first kappa shape index (κ1) is 9.41. The highest BCUT2D eigenvalue weighted by molar-refractivity contribution is 6.67. The van der Waals surface area contributed by atoms with Crippen molar-refractivity contribution in [1.29, 1.82) is 0 Å². The molecule has 0 fully saturated rings. The van der Waals surface area contributed by atoms with Gasteiger partial charge in [0.1, 0.15) is 0 Å². The zero-order valence-electron chi connectivity index (χ0n) is 4.65. The van der Waals surface area contributed by atoms with Crippen molar-refractivity contribution in [3.05, 3.63) is 12.3 Å². The zero-order chi connectivity index (χ0) is 7.33. The Labute approximate surface area is 69.2 Å². The van der Waals surface area contributed by atoms with E-state index in [0.29, 0.717) is 12.8 Å². The number of aliphatic hydroxyl groups is 1. The molecular weight excluding hydrogens is 182 g/mol. The van der Waals surface area contributed by atoms with E-state index in [4.69, 9.17) is 39.9 Å². The Kier molecular flexibility index (Phi) is 4.46. The van der Waals surface area contributed by atoms with Crippen LogP contribution >= 0.6 is 34.8 Å². The van der Waals surface area contributed by atoms with E-state index in [1.807, 2.05) is 0 Å². The van der Waals surface area contributed by atoms with Crippen LogP contribution in [0.3, 0.4) is 0 Å². The van der Waals surface area contributed by atoms with Crippen LogP contribution in [0.4, 0.5) is 0 Å². The summed E-state index contributed by atoms with van der Waals surface area (Å²) in [6, 6.07) is 0. The molecule has 0 aromatic heterocycles. The Bertz CT molecular complexity index is 94.9. The number of rotatable bonds is 2. The van der Waals surface area contributed by atoms with Gasteiger partial charge in [0.15, 0.2) is 3.79 Å². The lowest BCUT2D eigenvalue weighted by molar-refractivity contribution is 0.470. The van der Waals surface area contributed by atoms with Crippen molar-refractivity contribution in [3.8, 4) is 0 Å². The summed E-state index contributed by atoms with van der Waals surface area (Å²) in [5, 5.41) is 8.15. The summed E-state index contributed by atoms with van der Waals surface area (Å²) >= 11 is 16.2. The summed E-state index contributed by atoms with van der Waals surface area (Å²) in [5.74, 6) is 0. The van der Waals surface area contributed by atoms with Gasteiger partial charge >= 0.3 is 0 Å². The Morgan fingerprint density at radius 1 is 1.33 bits per heavy atom. The van der Waals surface area contributed by atoms with Crippen molar-refractivity contribution in [1.82, 2.24) is 0 Å². The topological polar surface area (TPSA) is 20.2 Å². The Hall–Kier alpha value is 0.410. The molecule has 1 N–H and O–H groups in total. The smallest absolute Gasteiger partial charge is 0.190 e. The molecule has 0 atom stereocenters. The molecule has 0 radical (unpaired) electrons. The van der Waals surface area contributed by atoms with Gasteiger partial charge in [0.05, 0.1) is 6.26 Å². The maximum absolute atomic E-state index is 8.15. The Balaban J connectivity index is 3.28. The summed E-state index contributed by atoms with van der Waals surface area (Å²) in [7, 11) is 0. The van der Waals surface area contributed by atoms with Crippen LogP contribution in [0, 0.1) is 0 Å². The van der Waals surface area contributed by atoms with Gasteiger partial charge in [-0.2, -0.15) is 0 Å². The number of allylic oxidation sites excluding steroid dienone is 1. The SMILES string of the molecule is OC=CCCC(Cl)(Cl)Cl. The maximum Gasteiger partial charge on any atom is 0.190 e. The summed E-state index contributed by atoms with van der Waals surface area (Å²) in [5.41, 5.74) is 0. The van der Waals surface area contributed by atoms with Crippen LogP contribution < -0.4 is 0 Å². The summed E-state index contributed by atoms with van der Waals surface area (Å²) < 4.78 is -1.19. The number of alkyl halides is 3. The lowest BCUT2D eigenvalue weighted by atomic mass is 10.3. The van der Waals surface area contributed by atoms with Crippen LogP contribution in [-0.4, -0.2) is 8.90 Å². The molecule has 0 aromatic carbocycles. The van der Waals surface area contributed by atoms with Gasteiger partial charge in [0.25, 0.3) is 0 Å². The number of aliphatic hydroxyl groups excluding tert-OH is 1. The average molecular weight is 189 g/mol. The third kappa shape index (κ3) is 8.41. The van der Waals surface area contributed by atoms with Crippen molar-refractivity contribution in [2.45, 2.75) is 16.6 Å². The quantitative estimate of drug-likeness (QED) is 0.522. The lowest BCUT2D eigenvalue weighted by Crippen LogP contribution is -1.99. The first-order valence-corrected chi connectivity index (χ1v) is 3.55. The van der Waals surface area contributed by atoms with Gasteiger partial charge in [0, 0.05) is 0 Å². The number of hydrogen-bond donors (Lipinski definition) is 1. The van der Waals surface area contributed by atoms with E-state index in [1.54, 1.807) is 0 Å². The second-order valence-corrected chi connectivity index (χ2v) is 4.05. The molecule has 0 aliphatic carbocycles. The maximum atomic E-state index is 8.15. The van der Waals surface area contributed by atoms with Crippen LogP contribution in [-0.2, 0) is 0 Å².